The third-order valence-electron chi connectivity index (χ3n) is 4.48. The Morgan fingerprint density at radius 1 is 1.20 bits per heavy atom. The van der Waals surface area contributed by atoms with Crippen LogP contribution in [0.2, 0.25) is 0 Å². The molecule has 0 fully saturated rings. The number of para-hydroxylation sites is 1. The predicted molar refractivity (Wildman–Crippen MR) is 92.9 cm³/mol. The lowest BCUT2D eigenvalue weighted by atomic mass is 9.93. The number of hydrogen-bond donors (Lipinski definition) is 2. The first-order valence-electron chi connectivity index (χ1n) is 8.02. The summed E-state index contributed by atoms with van der Waals surface area (Å²) in [6.45, 7) is 0. The number of nitrogens with zero attached hydrogens (tertiary/aromatic N) is 3. The van der Waals surface area contributed by atoms with Gasteiger partial charge in [0.2, 0.25) is 11.9 Å². The summed E-state index contributed by atoms with van der Waals surface area (Å²) in [6, 6.07) is 14.2. The van der Waals surface area contributed by atoms with Gasteiger partial charge >= 0.3 is 0 Å². The maximum absolute atomic E-state index is 13.3. The van der Waals surface area contributed by atoms with Crippen molar-refractivity contribution in [1.29, 1.82) is 0 Å². The van der Waals surface area contributed by atoms with Crippen LogP contribution in [-0.2, 0) is 0 Å². The molecule has 0 saturated heterocycles. The summed E-state index contributed by atoms with van der Waals surface area (Å²) in [5.74, 6) is 1.33. The van der Waals surface area contributed by atoms with Gasteiger partial charge in [0.05, 0.1) is 19.2 Å². The van der Waals surface area contributed by atoms with Crippen LogP contribution in [0.5, 0.6) is 5.75 Å². The number of nitrogen functional groups attached to an aromatic ring is 1. The van der Waals surface area contributed by atoms with E-state index in [1.54, 1.807) is 23.9 Å². The Hall–Kier alpha value is -3.09. The average molecular weight is 339 g/mol. The molecule has 2 atom stereocenters. The van der Waals surface area contributed by atoms with Gasteiger partial charge in [-0.05, 0) is 30.2 Å². The summed E-state index contributed by atoms with van der Waals surface area (Å²) in [5.41, 5.74) is 7.79. The van der Waals surface area contributed by atoms with Crippen LogP contribution in [0, 0.1) is 5.82 Å². The minimum Gasteiger partial charge on any atom is -0.496 e. The number of nitrogens with one attached hydrogen (secondary N) is 1. The Bertz CT molecular complexity index is 893. The minimum atomic E-state index is -0.256. The molecule has 0 saturated carbocycles. The Morgan fingerprint density at radius 2 is 1.96 bits per heavy atom. The zero-order chi connectivity index (χ0) is 17.4. The summed E-state index contributed by atoms with van der Waals surface area (Å²) in [6.07, 6.45) is 0.710. The highest BCUT2D eigenvalue weighted by atomic mass is 19.1. The Morgan fingerprint density at radius 3 is 2.72 bits per heavy atom. The second kappa shape index (κ2) is 6.08. The molecule has 3 aromatic rings. The van der Waals surface area contributed by atoms with E-state index in [1.165, 1.54) is 12.1 Å². The van der Waals surface area contributed by atoms with Crippen molar-refractivity contribution in [1.82, 2.24) is 14.8 Å². The molecule has 7 heteroatoms. The van der Waals surface area contributed by atoms with Crippen molar-refractivity contribution in [2.24, 2.45) is 0 Å². The smallest absolute Gasteiger partial charge is 0.241 e. The molecule has 6 nitrogen and oxygen atoms in total. The fraction of sp³-hybridized carbons (Fsp3) is 0.222. The number of anilines is 2. The van der Waals surface area contributed by atoms with Crippen molar-refractivity contribution < 1.29 is 9.13 Å². The molecule has 128 valence electrons. The topological polar surface area (TPSA) is 78.0 Å². The Labute approximate surface area is 144 Å². The lowest BCUT2D eigenvalue weighted by molar-refractivity contribution is 0.380. The molecule has 1 aliphatic rings. The van der Waals surface area contributed by atoms with E-state index < -0.39 is 0 Å². The molecule has 4 rings (SSSR count). The van der Waals surface area contributed by atoms with Crippen molar-refractivity contribution in [2.45, 2.75) is 18.5 Å². The molecular formula is C18H18FN5O. The standard InChI is InChI=1S/C18H18FN5O/c1-25-16-5-3-2-4-13(16)15-10-14(11-6-8-12(19)9-7-11)21-18-22-17(20)23-24(15)18/h2-9,14-15H,10H2,1H3,(H3,20,21,22,23)/t14-,15-/m0/s1. The molecule has 25 heavy (non-hydrogen) atoms. The molecule has 2 heterocycles. The second-order valence-corrected chi connectivity index (χ2v) is 5.98. The van der Waals surface area contributed by atoms with Gasteiger partial charge in [-0.25, -0.2) is 9.07 Å². The highest BCUT2D eigenvalue weighted by molar-refractivity contribution is 5.44. The predicted octanol–water partition coefficient (Wildman–Crippen LogP) is 3.15. The van der Waals surface area contributed by atoms with Gasteiger partial charge in [0.1, 0.15) is 11.6 Å². The van der Waals surface area contributed by atoms with Crippen molar-refractivity contribution >= 4 is 11.9 Å². The number of rotatable bonds is 3. The van der Waals surface area contributed by atoms with E-state index in [4.69, 9.17) is 10.5 Å². The van der Waals surface area contributed by atoms with E-state index >= 15 is 0 Å². The van der Waals surface area contributed by atoms with Crippen LogP contribution in [-0.4, -0.2) is 21.9 Å². The zero-order valence-corrected chi connectivity index (χ0v) is 13.7. The molecule has 2 aromatic carbocycles. The van der Waals surface area contributed by atoms with Gasteiger partial charge < -0.3 is 15.8 Å². The molecule has 0 aliphatic carbocycles. The first kappa shape index (κ1) is 15.4. The summed E-state index contributed by atoms with van der Waals surface area (Å²) in [5, 5.41) is 7.67. The van der Waals surface area contributed by atoms with E-state index in [2.05, 4.69) is 15.4 Å². The number of nitrogens with two attached hydrogens (primary N) is 1. The van der Waals surface area contributed by atoms with E-state index in [0.717, 1.165) is 16.9 Å². The minimum absolute atomic E-state index is 0.0355. The number of fused-ring (bicyclic) bond motifs is 1. The molecule has 1 aliphatic heterocycles. The first-order chi connectivity index (χ1) is 12.2. The van der Waals surface area contributed by atoms with Gasteiger partial charge in [-0.3, -0.25) is 0 Å². The first-order valence-corrected chi connectivity index (χ1v) is 8.02. The van der Waals surface area contributed by atoms with Gasteiger partial charge in [-0.15, -0.1) is 5.10 Å². The van der Waals surface area contributed by atoms with E-state index in [9.17, 15) is 4.39 Å². The molecule has 0 bridgehead atoms. The second-order valence-electron chi connectivity index (χ2n) is 5.98. The quantitative estimate of drug-likeness (QED) is 0.766. The number of hydrogen-bond acceptors (Lipinski definition) is 5. The van der Waals surface area contributed by atoms with Crippen LogP contribution in [0.25, 0.3) is 0 Å². The molecule has 0 unspecified atom stereocenters. The maximum Gasteiger partial charge on any atom is 0.241 e. The summed E-state index contributed by atoms with van der Waals surface area (Å²) in [7, 11) is 1.65. The summed E-state index contributed by atoms with van der Waals surface area (Å²) >= 11 is 0. The molecule has 0 spiro atoms. The van der Waals surface area contributed by atoms with Crippen LogP contribution in [0.15, 0.2) is 48.5 Å². The zero-order valence-electron chi connectivity index (χ0n) is 13.7. The Balaban J connectivity index is 1.78. The van der Waals surface area contributed by atoms with Crippen molar-refractivity contribution in [3.63, 3.8) is 0 Å². The number of benzene rings is 2. The largest absolute Gasteiger partial charge is 0.496 e. The highest BCUT2D eigenvalue weighted by Gasteiger charge is 2.32. The van der Waals surface area contributed by atoms with Gasteiger partial charge in [-0.1, -0.05) is 30.3 Å². The third kappa shape index (κ3) is 2.77. The average Bonchev–Trinajstić information content (AvgIpc) is 3.01. The lowest BCUT2D eigenvalue weighted by Gasteiger charge is -2.32. The fourth-order valence-corrected chi connectivity index (χ4v) is 3.31. The maximum atomic E-state index is 13.3. The van der Waals surface area contributed by atoms with Crippen molar-refractivity contribution in [2.75, 3.05) is 18.2 Å². The number of methoxy groups -OCH3 is 1. The highest BCUT2D eigenvalue weighted by Crippen LogP contribution is 2.40. The molecule has 0 radical (unpaired) electrons. The van der Waals surface area contributed by atoms with Crippen LogP contribution < -0.4 is 15.8 Å². The van der Waals surface area contributed by atoms with Crippen molar-refractivity contribution in [3.8, 4) is 5.75 Å². The van der Waals surface area contributed by atoms with Gasteiger partial charge in [-0.2, -0.15) is 4.98 Å². The summed E-state index contributed by atoms with van der Waals surface area (Å²) in [4.78, 5) is 4.28. The van der Waals surface area contributed by atoms with Crippen LogP contribution in [0.1, 0.15) is 29.6 Å². The molecular weight excluding hydrogens is 321 g/mol. The van der Waals surface area contributed by atoms with E-state index in [-0.39, 0.29) is 23.8 Å². The fourth-order valence-electron chi connectivity index (χ4n) is 3.31. The number of halogens is 1. The third-order valence-corrected chi connectivity index (χ3v) is 4.48. The van der Waals surface area contributed by atoms with E-state index in [1.807, 2.05) is 24.3 Å². The molecule has 3 N–H and O–H groups in total. The van der Waals surface area contributed by atoms with Crippen LogP contribution >= 0.6 is 0 Å². The van der Waals surface area contributed by atoms with Crippen LogP contribution in [0.3, 0.4) is 0 Å². The SMILES string of the molecule is COc1ccccc1[C@@H]1C[C@@H](c2ccc(F)cc2)Nc2nc(N)nn21. The van der Waals surface area contributed by atoms with Gasteiger partial charge in [0, 0.05) is 5.56 Å². The molecule has 1 aromatic heterocycles. The monoisotopic (exact) mass is 339 g/mol. The Kier molecular flexibility index (Phi) is 3.76. The number of aromatic nitrogens is 3. The van der Waals surface area contributed by atoms with Gasteiger partial charge in [0.25, 0.3) is 0 Å². The lowest BCUT2D eigenvalue weighted by Crippen LogP contribution is -2.28. The van der Waals surface area contributed by atoms with Crippen LogP contribution in [0.4, 0.5) is 16.3 Å². The van der Waals surface area contributed by atoms with Crippen molar-refractivity contribution in [3.05, 3.63) is 65.5 Å². The van der Waals surface area contributed by atoms with E-state index in [0.29, 0.717) is 12.4 Å². The van der Waals surface area contributed by atoms with Gasteiger partial charge in [0.15, 0.2) is 0 Å². The normalized spacial score (nSPS) is 19.1. The number of ether oxygens (including phenoxy) is 1. The summed E-state index contributed by atoms with van der Waals surface area (Å²) < 4.78 is 20.6. The molecule has 0 amide bonds.